The van der Waals surface area contributed by atoms with Crippen LogP contribution in [0.1, 0.15) is 31.0 Å². The molecule has 1 saturated heterocycles. The number of likely N-dealkylation sites (tertiary alicyclic amines) is 1. The van der Waals surface area contributed by atoms with Gasteiger partial charge in [0.15, 0.2) is 0 Å². The van der Waals surface area contributed by atoms with Gasteiger partial charge in [-0.05, 0) is 31.4 Å². The van der Waals surface area contributed by atoms with Crippen molar-refractivity contribution in [2.45, 2.75) is 37.8 Å². The van der Waals surface area contributed by atoms with Gasteiger partial charge in [-0.15, -0.1) is 0 Å². The highest BCUT2D eigenvalue weighted by atomic mass is 16.3. The molecule has 21 heavy (non-hydrogen) atoms. The van der Waals surface area contributed by atoms with Crippen LogP contribution in [0.25, 0.3) is 11.0 Å². The normalized spacial score (nSPS) is 22.1. The van der Waals surface area contributed by atoms with Crippen LogP contribution in [0.3, 0.4) is 0 Å². The fourth-order valence-corrected chi connectivity index (χ4v) is 3.12. The highest BCUT2D eigenvalue weighted by Crippen LogP contribution is 2.40. The van der Waals surface area contributed by atoms with Gasteiger partial charge in [0, 0.05) is 19.0 Å². The average molecular weight is 285 g/mol. The Kier molecular flexibility index (Phi) is 2.96. The third kappa shape index (κ3) is 2.31. The van der Waals surface area contributed by atoms with E-state index in [1.165, 1.54) is 12.8 Å². The summed E-state index contributed by atoms with van der Waals surface area (Å²) in [6.07, 6.45) is 2.66. The molecule has 2 aliphatic rings. The standard InChI is InChI=1S/C16H19N3O2/c20-12-7-8-18(9-12)15(21)10-19-14-4-2-1-3-13(14)17-16(19)11-5-6-11/h1-4,11-12,20H,5-10H2/t12-/m1/s1. The number of imidazole rings is 1. The number of aliphatic hydroxyl groups is 1. The van der Waals surface area contributed by atoms with Crippen LogP contribution in [0.4, 0.5) is 0 Å². The van der Waals surface area contributed by atoms with Gasteiger partial charge >= 0.3 is 0 Å². The Morgan fingerprint density at radius 1 is 1.29 bits per heavy atom. The fraction of sp³-hybridized carbons (Fsp3) is 0.500. The van der Waals surface area contributed by atoms with Gasteiger partial charge in [0.05, 0.1) is 17.1 Å². The molecule has 1 saturated carbocycles. The van der Waals surface area contributed by atoms with Crippen molar-refractivity contribution in [1.82, 2.24) is 14.5 Å². The van der Waals surface area contributed by atoms with Crippen molar-refractivity contribution in [1.29, 1.82) is 0 Å². The first-order valence-electron chi connectivity index (χ1n) is 7.63. The molecule has 2 aromatic rings. The van der Waals surface area contributed by atoms with Crippen LogP contribution < -0.4 is 0 Å². The van der Waals surface area contributed by atoms with Gasteiger partial charge in [-0.3, -0.25) is 4.79 Å². The first kappa shape index (κ1) is 12.8. The third-order valence-corrected chi connectivity index (χ3v) is 4.44. The summed E-state index contributed by atoms with van der Waals surface area (Å²) in [4.78, 5) is 18.9. The van der Waals surface area contributed by atoms with Gasteiger partial charge < -0.3 is 14.6 Å². The van der Waals surface area contributed by atoms with E-state index in [1.807, 2.05) is 24.3 Å². The monoisotopic (exact) mass is 285 g/mol. The zero-order valence-electron chi connectivity index (χ0n) is 11.9. The number of carbonyl (C=O) groups is 1. The average Bonchev–Trinajstić information content (AvgIpc) is 3.14. The van der Waals surface area contributed by atoms with Gasteiger partial charge in [0.1, 0.15) is 12.4 Å². The summed E-state index contributed by atoms with van der Waals surface area (Å²) in [6, 6.07) is 8.00. The Morgan fingerprint density at radius 2 is 2.10 bits per heavy atom. The Bertz CT molecular complexity index is 690. The van der Waals surface area contributed by atoms with Crippen molar-refractivity contribution < 1.29 is 9.90 Å². The Hall–Kier alpha value is -1.88. The number of fused-ring (bicyclic) bond motifs is 1. The molecule has 5 nitrogen and oxygen atoms in total. The zero-order valence-corrected chi connectivity index (χ0v) is 11.9. The molecule has 0 unspecified atom stereocenters. The van der Waals surface area contributed by atoms with Crippen LogP contribution in [-0.4, -0.2) is 44.7 Å². The molecule has 4 rings (SSSR count). The maximum absolute atomic E-state index is 12.5. The molecule has 0 radical (unpaired) electrons. The molecule has 1 N–H and O–H groups in total. The van der Waals surface area contributed by atoms with E-state index in [9.17, 15) is 9.90 Å². The molecule has 0 spiro atoms. The first-order chi connectivity index (χ1) is 10.2. The molecule has 110 valence electrons. The van der Waals surface area contributed by atoms with Crippen LogP contribution >= 0.6 is 0 Å². The third-order valence-electron chi connectivity index (χ3n) is 4.44. The molecular weight excluding hydrogens is 266 g/mol. The lowest BCUT2D eigenvalue weighted by atomic mass is 10.3. The molecular formula is C16H19N3O2. The summed E-state index contributed by atoms with van der Waals surface area (Å²) in [6.45, 7) is 1.45. The Labute approximate surface area is 123 Å². The SMILES string of the molecule is O=C(Cn1c(C2CC2)nc2ccccc21)N1CC[C@@H](O)C1. The molecule has 2 fully saturated rings. The number of hydrogen-bond acceptors (Lipinski definition) is 3. The first-order valence-corrected chi connectivity index (χ1v) is 7.63. The van der Waals surface area contributed by atoms with Gasteiger partial charge in [-0.2, -0.15) is 0 Å². The van der Waals surface area contributed by atoms with E-state index in [0.717, 1.165) is 16.9 Å². The highest BCUT2D eigenvalue weighted by Gasteiger charge is 2.31. The number of aliphatic hydroxyl groups excluding tert-OH is 1. The second-order valence-electron chi connectivity index (χ2n) is 6.10. The lowest BCUT2D eigenvalue weighted by Gasteiger charge is -2.17. The number of para-hydroxylation sites is 2. The molecule has 1 aliphatic heterocycles. The predicted octanol–water partition coefficient (Wildman–Crippen LogP) is 1.51. The van der Waals surface area contributed by atoms with Crippen molar-refractivity contribution in [2.24, 2.45) is 0 Å². The van der Waals surface area contributed by atoms with E-state index < -0.39 is 0 Å². The molecule has 1 aliphatic carbocycles. The van der Waals surface area contributed by atoms with Crippen LogP contribution in [0.15, 0.2) is 24.3 Å². The minimum atomic E-state index is -0.364. The van der Waals surface area contributed by atoms with Gasteiger partial charge in [-0.1, -0.05) is 12.1 Å². The molecule has 0 bridgehead atoms. The Morgan fingerprint density at radius 3 is 2.81 bits per heavy atom. The lowest BCUT2D eigenvalue weighted by Crippen LogP contribution is -2.32. The summed E-state index contributed by atoms with van der Waals surface area (Å²) in [5, 5.41) is 9.59. The number of carbonyl (C=O) groups excluding carboxylic acids is 1. The maximum atomic E-state index is 12.5. The number of rotatable bonds is 3. The molecule has 1 aromatic carbocycles. The summed E-state index contributed by atoms with van der Waals surface area (Å²) >= 11 is 0. The zero-order chi connectivity index (χ0) is 14.4. The number of nitrogens with zero attached hydrogens (tertiary/aromatic N) is 3. The fourth-order valence-electron chi connectivity index (χ4n) is 3.12. The molecule has 5 heteroatoms. The van der Waals surface area contributed by atoms with Crippen molar-refractivity contribution in [3.05, 3.63) is 30.1 Å². The van der Waals surface area contributed by atoms with Gasteiger partial charge in [-0.25, -0.2) is 4.98 Å². The molecule has 1 amide bonds. The Balaban J connectivity index is 1.65. The van der Waals surface area contributed by atoms with E-state index >= 15 is 0 Å². The number of amides is 1. The van der Waals surface area contributed by atoms with E-state index in [2.05, 4.69) is 4.57 Å². The summed E-state index contributed by atoms with van der Waals surface area (Å²) in [7, 11) is 0. The minimum absolute atomic E-state index is 0.0802. The maximum Gasteiger partial charge on any atom is 0.242 e. The van der Waals surface area contributed by atoms with E-state index in [-0.39, 0.29) is 12.0 Å². The quantitative estimate of drug-likeness (QED) is 0.930. The molecule has 1 atom stereocenters. The topological polar surface area (TPSA) is 58.4 Å². The van der Waals surface area contributed by atoms with Crippen molar-refractivity contribution in [2.75, 3.05) is 13.1 Å². The molecule has 1 aromatic heterocycles. The summed E-state index contributed by atoms with van der Waals surface area (Å²) in [5.74, 6) is 1.63. The molecule has 2 heterocycles. The van der Waals surface area contributed by atoms with Crippen LogP contribution in [-0.2, 0) is 11.3 Å². The number of benzene rings is 1. The second kappa shape index (κ2) is 4.84. The van der Waals surface area contributed by atoms with E-state index in [1.54, 1.807) is 4.90 Å². The largest absolute Gasteiger partial charge is 0.391 e. The van der Waals surface area contributed by atoms with Crippen LogP contribution in [0.5, 0.6) is 0 Å². The van der Waals surface area contributed by atoms with Crippen LogP contribution in [0.2, 0.25) is 0 Å². The van der Waals surface area contributed by atoms with Crippen LogP contribution in [0, 0.1) is 0 Å². The van der Waals surface area contributed by atoms with Crippen molar-refractivity contribution in [3.63, 3.8) is 0 Å². The second-order valence-corrected chi connectivity index (χ2v) is 6.10. The minimum Gasteiger partial charge on any atom is -0.391 e. The van der Waals surface area contributed by atoms with E-state index in [4.69, 9.17) is 4.98 Å². The highest BCUT2D eigenvalue weighted by molar-refractivity contribution is 5.81. The van der Waals surface area contributed by atoms with Crippen molar-refractivity contribution in [3.8, 4) is 0 Å². The number of hydrogen-bond donors (Lipinski definition) is 1. The van der Waals surface area contributed by atoms with Crippen molar-refractivity contribution >= 4 is 16.9 Å². The van der Waals surface area contributed by atoms with Gasteiger partial charge in [0.25, 0.3) is 0 Å². The smallest absolute Gasteiger partial charge is 0.242 e. The van der Waals surface area contributed by atoms with E-state index in [0.29, 0.717) is 32.0 Å². The number of aromatic nitrogens is 2. The predicted molar refractivity (Wildman–Crippen MR) is 78.9 cm³/mol. The number of β-amino-alcohol motifs (C(OH)–C–C–N with tert-alkyl or cyclic N) is 1. The summed E-state index contributed by atoms with van der Waals surface area (Å²) < 4.78 is 2.07. The lowest BCUT2D eigenvalue weighted by molar-refractivity contribution is -0.131. The summed E-state index contributed by atoms with van der Waals surface area (Å²) in [5.41, 5.74) is 2.00. The van der Waals surface area contributed by atoms with Gasteiger partial charge in [0.2, 0.25) is 5.91 Å².